The standard InChI is InChI=1S/C18H24FNO/c1-14-8-12-20(13-9-14)17(21)18(10-4-5-11-18)15-6-2-3-7-16(15)19/h2-3,6-7,14H,4-5,8-13H2,1H3. The molecule has 114 valence electrons. The third-order valence-electron chi connectivity index (χ3n) is 5.33. The number of amides is 1. The third-order valence-corrected chi connectivity index (χ3v) is 5.33. The van der Waals surface area contributed by atoms with Gasteiger partial charge in [-0.3, -0.25) is 4.79 Å². The van der Waals surface area contributed by atoms with E-state index in [0.29, 0.717) is 11.5 Å². The zero-order valence-corrected chi connectivity index (χ0v) is 12.8. The average molecular weight is 289 g/mol. The number of hydrogen-bond acceptors (Lipinski definition) is 1. The highest BCUT2D eigenvalue weighted by atomic mass is 19.1. The molecule has 1 saturated carbocycles. The maximum Gasteiger partial charge on any atom is 0.233 e. The monoisotopic (exact) mass is 289 g/mol. The summed E-state index contributed by atoms with van der Waals surface area (Å²) < 4.78 is 14.3. The lowest BCUT2D eigenvalue weighted by Gasteiger charge is -2.38. The van der Waals surface area contributed by atoms with Crippen molar-refractivity contribution in [1.29, 1.82) is 0 Å². The van der Waals surface area contributed by atoms with Crippen LogP contribution in [0.1, 0.15) is 51.0 Å². The molecule has 1 heterocycles. The van der Waals surface area contributed by atoms with E-state index < -0.39 is 5.41 Å². The zero-order chi connectivity index (χ0) is 14.9. The predicted molar refractivity (Wildman–Crippen MR) is 81.5 cm³/mol. The highest BCUT2D eigenvalue weighted by molar-refractivity contribution is 5.88. The van der Waals surface area contributed by atoms with Gasteiger partial charge in [0.25, 0.3) is 0 Å². The molecule has 0 atom stereocenters. The van der Waals surface area contributed by atoms with Gasteiger partial charge in [-0.05, 0) is 37.7 Å². The first kappa shape index (κ1) is 14.6. The van der Waals surface area contributed by atoms with Crippen molar-refractivity contribution in [3.63, 3.8) is 0 Å². The number of benzene rings is 1. The topological polar surface area (TPSA) is 20.3 Å². The molecule has 21 heavy (non-hydrogen) atoms. The fourth-order valence-electron chi connectivity index (χ4n) is 3.94. The van der Waals surface area contributed by atoms with Crippen LogP contribution in [-0.4, -0.2) is 23.9 Å². The van der Waals surface area contributed by atoms with Gasteiger partial charge in [0.2, 0.25) is 5.91 Å². The van der Waals surface area contributed by atoms with Crippen molar-refractivity contribution in [2.45, 2.75) is 50.9 Å². The molecule has 0 aromatic heterocycles. The van der Waals surface area contributed by atoms with E-state index in [1.54, 1.807) is 6.07 Å². The summed E-state index contributed by atoms with van der Waals surface area (Å²) in [5.41, 5.74) is 0.0115. The molecule has 3 heteroatoms. The van der Waals surface area contributed by atoms with E-state index in [-0.39, 0.29) is 11.7 Å². The Hall–Kier alpha value is -1.38. The van der Waals surface area contributed by atoms with Gasteiger partial charge in [0, 0.05) is 18.7 Å². The molecular formula is C18H24FNO. The second-order valence-electron chi connectivity index (χ2n) is 6.74. The molecule has 3 rings (SSSR count). The first-order chi connectivity index (χ1) is 10.1. The predicted octanol–water partition coefficient (Wildman–Crippen LogP) is 3.90. The number of likely N-dealkylation sites (tertiary alicyclic amines) is 1. The Morgan fingerprint density at radius 3 is 2.43 bits per heavy atom. The Labute approximate surface area is 126 Å². The second-order valence-corrected chi connectivity index (χ2v) is 6.74. The van der Waals surface area contributed by atoms with Crippen molar-refractivity contribution < 1.29 is 9.18 Å². The van der Waals surface area contributed by atoms with E-state index in [1.807, 2.05) is 17.0 Å². The van der Waals surface area contributed by atoms with Crippen LogP contribution in [0.15, 0.2) is 24.3 Å². The van der Waals surface area contributed by atoms with E-state index in [2.05, 4.69) is 6.92 Å². The summed E-state index contributed by atoms with van der Waals surface area (Å²) in [6, 6.07) is 6.85. The summed E-state index contributed by atoms with van der Waals surface area (Å²) in [4.78, 5) is 15.1. The van der Waals surface area contributed by atoms with Crippen molar-refractivity contribution in [2.75, 3.05) is 13.1 Å². The lowest BCUT2D eigenvalue weighted by molar-refractivity contribution is -0.138. The van der Waals surface area contributed by atoms with Gasteiger partial charge in [-0.2, -0.15) is 0 Å². The Morgan fingerprint density at radius 1 is 1.19 bits per heavy atom. The molecule has 0 bridgehead atoms. The second kappa shape index (κ2) is 5.78. The smallest absolute Gasteiger partial charge is 0.233 e. The van der Waals surface area contributed by atoms with Crippen molar-refractivity contribution in [1.82, 2.24) is 4.90 Å². The van der Waals surface area contributed by atoms with Gasteiger partial charge >= 0.3 is 0 Å². The summed E-state index contributed by atoms with van der Waals surface area (Å²) in [5.74, 6) is 0.636. The van der Waals surface area contributed by atoms with Crippen molar-refractivity contribution >= 4 is 5.91 Å². The highest BCUT2D eigenvalue weighted by Crippen LogP contribution is 2.44. The number of halogens is 1. The quantitative estimate of drug-likeness (QED) is 0.808. The minimum atomic E-state index is -0.605. The molecule has 0 spiro atoms. The largest absolute Gasteiger partial charge is 0.342 e. The van der Waals surface area contributed by atoms with E-state index in [1.165, 1.54) is 6.07 Å². The van der Waals surface area contributed by atoms with Gasteiger partial charge in [-0.15, -0.1) is 0 Å². The Kier molecular flexibility index (Phi) is 4.01. The first-order valence-corrected chi connectivity index (χ1v) is 8.18. The van der Waals surface area contributed by atoms with Crippen molar-refractivity contribution in [2.24, 2.45) is 5.92 Å². The molecule has 2 aliphatic rings. The molecule has 0 unspecified atom stereocenters. The van der Waals surface area contributed by atoms with E-state index >= 15 is 0 Å². The number of carbonyl (C=O) groups excluding carboxylic acids is 1. The minimum absolute atomic E-state index is 0.164. The lowest BCUT2D eigenvalue weighted by atomic mass is 9.76. The molecule has 2 nitrogen and oxygen atoms in total. The molecule has 1 aliphatic heterocycles. The molecule has 1 aromatic rings. The van der Waals surface area contributed by atoms with Gasteiger partial charge in [-0.25, -0.2) is 4.39 Å². The summed E-state index contributed by atoms with van der Waals surface area (Å²) in [6.07, 6.45) is 5.75. The number of carbonyl (C=O) groups is 1. The van der Waals surface area contributed by atoms with Crippen LogP contribution in [0, 0.1) is 11.7 Å². The van der Waals surface area contributed by atoms with Crippen LogP contribution >= 0.6 is 0 Å². The maximum absolute atomic E-state index is 14.3. The van der Waals surface area contributed by atoms with Crippen LogP contribution in [0.25, 0.3) is 0 Å². The summed E-state index contributed by atoms with van der Waals surface area (Å²) in [7, 11) is 0. The molecule has 1 aromatic carbocycles. The van der Waals surface area contributed by atoms with Gasteiger partial charge in [0.1, 0.15) is 5.82 Å². The molecular weight excluding hydrogens is 265 g/mol. The van der Waals surface area contributed by atoms with Crippen molar-refractivity contribution in [3.8, 4) is 0 Å². The number of piperidine rings is 1. The van der Waals surface area contributed by atoms with E-state index in [0.717, 1.165) is 51.6 Å². The third kappa shape index (κ3) is 2.58. The Morgan fingerprint density at radius 2 is 1.81 bits per heavy atom. The molecule has 1 aliphatic carbocycles. The summed E-state index contributed by atoms with van der Waals surface area (Å²) >= 11 is 0. The molecule has 1 saturated heterocycles. The Bertz CT molecular complexity index is 514. The van der Waals surface area contributed by atoms with Crippen LogP contribution in [0.3, 0.4) is 0 Å². The van der Waals surface area contributed by atoms with E-state index in [9.17, 15) is 9.18 Å². The van der Waals surface area contributed by atoms with Crippen LogP contribution < -0.4 is 0 Å². The van der Waals surface area contributed by atoms with Gasteiger partial charge in [-0.1, -0.05) is 38.0 Å². The highest BCUT2D eigenvalue weighted by Gasteiger charge is 2.46. The fraction of sp³-hybridized carbons (Fsp3) is 0.611. The molecule has 1 amide bonds. The van der Waals surface area contributed by atoms with Crippen molar-refractivity contribution in [3.05, 3.63) is 35.6 Å². The fourth-order valence-corrected chi connectivity index (χ4v) is 3.94. The van der Waals surface area contributed by atoms with Gasteiger partial charge in [0.15, 0.2) is 0 Å². The SMILES string of the molecule is CC1CCN(C(=O)C2(c3ccccc3F)CCCC2)CC1. The van der Waals surface area contributed by atoms with Crippen LogP contribution in [0.5, 0.6) is 0 Å². The zero-order valence-electron chi connectivity index (χ0n) is 12.8. The van der Waals surface area contributed by atoms with Crippen LogP contribution in [0.2, 0.25) is 0 Å². The number of rotatable bonds is 2. The average Bonchev–Trinajstić information content (AvgIpc) is 2.98. The summed E-state index contributed by atoms with van der Waals surface area (Å²) in [5, 5.41) is 0. The molecule has 0 radical (unpaired) electrons. The first-order valence-electron chi connectivity index (χ1n) is 8.18. The van der Waals surface area contributed by atoms with Gasteiger partial charge in [0.05, 0.1) is 5.41 Å². The molecule has 2 fully saturated rings. The number of hydrogen-bond donors (Lipinski definition) is 0. The van der Waals surface area contributed by atoms with Gasteiger partial charge < -0.3 is 4.90 Å². The van der Waals surface area contributed by atoms with Crippen LogP contribution in [0.4, 0.5) is 4.39 Å². The molecule has 0 N–H and O–H groups in total. The maximum atomic E-state index is 14.3. The minimum Gasteiger partial charge on any atom is -0.342 e. The Balaban J connectivity index is 1.91. The number of nitrogens with zero attached hydrogens (tertiary/aromatic N) is 1. The lowest BCUT2D eigenvalue weighted by Crippen LogP contribution is -2.48. The summed E-state index contributed by atoms with van der Waals surface area (Å²) in [6.45, 7) is 3.90. The van der Waals surface area contributed by atoms with Crippen LogP contribution in [-0.2, 0) is 10.2 Å². The normalized spacial score (nSPS) is 22.5. The van der Waals surface area contributed by atoms with E-state index in [4.69, 9.17) is 0 Å².